The number of cyclic esters (lactones) is 1. The average Bonchev–Trinajstić information content (AvgIpc) is 1.54. The summed E-state index contributed by atoms with van der Waals surface area (Å²) in [5.74, 6) is -15.2. The molecule has 13 fully saturated rings. The lowest BCUT2D eigenvalue weighted by Crippen LogP contribution is -2.69. The normalized spacial score (nSPS) is 31.1. The summed E-state index contributed by atoms with van der Waals surface area (Å²) in [6.45, 7) is 27.0. The van der Waals surface area contributed by atoms with E-state index >= 15 is 0 Å². The molecule has 7 heterocycles. The van der Waals surface area contributed by atoms with Crippen LogP contribution in [0.2, 0.25) is 0 Å². The maximum absolute atomic E-state index is 13.0. The van der Waals surface area contributed by atoms with Crippen LogP contribution in [0, 0.1) is 74.9 Å². The molecule has 0 radical (unpaired) electrons. The number of nitrogens with one attached hydrogen (secondary N) is 3. The molecule has 18 unspecified atom stereocenters. The second-order valence-electron chi connectivity index (χ2n) is 31.3. The number of nitriles is 2. The summed E-state index contributed by atoms with van der Waals surface area (Å²) in [4.78, 5) is 133. The van der Waals surface area contributed by atoms with Gasteiger partial charge in [-0.15, -0.1) is 11.8 Å². The first-order chi connectivity index (χ1) is 58.7. The van der Waals surface area contributed by atoms with Gasteiger partial charge in [0.25, 0.3) is 22.3 Å². The zero-order valence-electron chi connectivity index (χ0n) is 66.8. The van der Waals surface area contributed by atoms with E-state index in [1.54, 1.807) is 13.8 Å². The number of carbonyl (C=O) groups is 12. The van der Waals surface area contributed by atoms with E-state index in [9.17, 15) is 161 Å². The second kappa shape index (κ2) is 36.8. The highest BCUT2D eigenvalue weighted by Crippen LogP contribution is 2.64. The molecule has 0 aromatic heterocycles. The number of hydrogen-bond donors (Lipinski definition) is 4. The standard InChI is InChI=1S/C15H12F6O3.C15H15NO6.C13H13NO4.C12H14O4.C9H10F3NO4.C7H5F6NOS.C7H6F5NO2/c1-9-7-12(24-11(9)22,10-5-3-2-4-6-10)8-13(23,14(16,17)18)15(19,20)21;1-7(2)13(18)20-5-10(17)21-11-8-3-9-12(11)22-14(19)15(9,4-8)6-16;1-6(2)11(15)17-9-7-3-8-10(9)18-12(16)13(8,4-7)5-14;1-5(2)11(13)15-9-6-3-7-8(4-6)12(14)16-10(7)9;1-3-16-7(15)8(9(10,11)12)13-6(14)5(2)4-17-8;1-3-2-16-5(6(8,9)10,7(11,12)13)14-4(3)15;1-3-2-15-5(13-4(3)14)6(8,9)7(10,11)12/h2-6,23H,1,7-8H2;8-9,11-12H,1,3-5H2,2H3;7-10H,1,3-4H2,2H3;6-10H,1,3-4H2,2H3;2-4H2,1H3,(H,13,14);1-2H2,(H,14,15);5H,1-2H2,(H,13,14). The number of carbonyl (C=O) groups excluding carboxylic acids is 12. The molecule has 128 heavy (non-hydrogen) atoms. The highest BCUT2D eigenvalue weighted by molar-refractivity contribution is 8.01. The first-order valence-corrected chi connectivity index (χ1v) is 38.4. The van der Waals surface area contributed by atoms with Crippen molar-refractivity contribution in [3.8, 4) is 12.1 Å². The lowest BCUT2D eigenvalue weighted by atomic mass is 9.74. The van der Waals surface area contributed by atoms with E-state index in [2.05, 4.69) is 72.4 Å². The molecular weight excluding hydrogens is 1800 g/mol. The number of thioether (sulfide) groups is 1. The van der Waals surface area contributed by atoms with Crippen LogP contribution in [0.1, 0.15) is 84.6 Å². The van der Waals surface area contributed by atoms with Gasteiger partial charge in [0.15, 0.2) is 17.4 Å². The average molecular weight is 1880 g/mol. The van der Waals surface area contributed by atoms with Gasteiger partial charge in [0.1, 0.15) is 42.2 Å². The number of nitrogens with zero attached hydrogens (tertiary/aromatic N) is 2. The molecule has 50 heteroatoms. The van der Waals surface area contributed by atoms with Crippen LogP contribution in [0.25, 0.3) is 0 Å². The quantitative estimate of drug-likeness (QED) is 0.0582. The molecular formula is C78H75F20N5O24S. The van der Waals surface area contributed by atoms with Crippen molar-refractivity contribution >= 4 is 83.2 Å². The van der Waals surface area contributed by atoms with Crippen LogP contribution in [0.4, 0.5) is 87.8 Å². The molecule has 14 rings (SSSR count). The predicted molar refractivity (Wildman–Crippen MR) is 384 cm³/mol. The van der Waals surface area contributed by atoms with Crippen LogP contribution in [-0.4, -0.2) is 211 Å². The van der Waals surface area contributed by atoms with E-state index in [-0.39, 0.29) is 99.7 Å². The van der Waals surface area contributed by atoms with Crippen molar-refractivity contribution in [1.29, 1.82) is 10.5 Å². The van der Waals surface area contributed by atoms with Crippen molar-refractivity contribution in [2.45, 2.75) is 187 Å². The summed E-state index contributed by atoms with van der Waals surface area (Å²) in [5, 5.41) is 31.7. The van der Waals surface area contributed by atoms with Gasteiger partial charge < -0.3 is 73.2 Å². The fourth-order valence-corrected chi connectivity index (χ4v) is 17.1. The third-order valence-electron chi connectivity index (χ3n) is 22.5. The number of rotatable bonds is 14. The molecule has 0 spiro atoms. The Morgan fingerprint density at radius 3 is 1.46 bits per heavy atom. The molecule has 7 saturated heterocycles. The SMILES string of the molecule is C=C(C)C(=O)OC1C2CC3C(=O)OC1C3C2.C=C(C)C(=O)OC1C2CC3C1OC(=O)C3(C#N)C2.C=C(C)C(=O)OCC(=O)OC1C2CC3C1OC(=O)C3(C#N)C2.C=C1CC(CC(O)(C(F)(F)F)C(F)(F)F)(c2ccccc2)OC1=O.C=C1COC(C(=O)OCC)(C(F)(F)F)NC1=O.C=C1COC(C(F)(F)C(F)(F)F)NC1=O.C=C1CSC(C(F)(F)F)(C(F)(F)F)NC1=O. The number of halogens is 20. The highest BCUT2D eigenvalue weighted by Gasteiger charge is 2.78. The topological polar surface area (TPSA) is 410 Å². The van der Waals surface area contributed by atoms with Gasteiger partial charge in [0.05, 0.1) is 37.9 Å². The monoisotopic (exact) mass is 1880 g/mol. The number of benzene rings is 1. The third-order valence-corrected chi connectivity index (χ3v) is 24.0. The number of aliphatic hydroxyl groups is 1. The van der Waals surface area contributed by atoms with Crippen LogP contribution in [0.3, 0.4) is 0 Å². The predicted octanol–water partition coefficient (Wildman–Crippen LogP) is 10.1. The Kier molecular flexibility index (Phi) is 29.4. The van der Waals surface area contributed by atoms with Crippen molar-refractivity contribution in [2.24, 2.45) is 52.3 Å². The van der Waals surface area contributed by atoms with E-state index in [1.807, 2.05) is 0 Å². The molecule has 1 aromatic carbocycles. The molecule has 702 valence electrons. The van der Waals surface area contributed by atoms with Gasteiger partial charge in [-0.25, -0.2) is 28.8 Å². The van der Waals surface area contributed by atoms with E-state index in [0.717, 1.165) is 24.6 Å². The lowest BCUT2D eigenvalue weighted by Gasteiger charge is -2.39. The van der Waals surface area contributed by atoms with E-state index in [4.69, 9.17) is 37.9 Å². The summed E-state index contributed by atoms with van der Waals surface area (Å²) in [5.41, 5.74) is -13.0. The van der Waals surface area contributed by atoms with E-state index in [0.29, 0.717) is 36.3 Å². The van der Waals surface area contributed by atoms with Crippen molar-refractivity contribution in [3.05, 3.63) is 121 Å². The van der Waals surface area contributed by atoms with Crippen LogP contribution in [-0.2, 0) is 115 Å². The first-order valence-electron chi connectivity index (χ1n) is 37.4. The Labute approximate surface area is 714 Å². The number of fused-ring (bicyclic) bond motifs is 3. The van der Waals surface area contributed by atoms with Crippen molar-refractivity contribution in [1.82, 2.24) is 16.0 Å². The van der Waals surface area contributed by atoms with Crippen LogP contribution in [0.5, 0.6) is 0 Å². The van der Waals surface area contributed by atoms with Gasteiger partial charge in [-0.05, 0) is 71.8 Å². The lowest BCUT2D eigenvalue weighted by molar-refractivity contribution is -0.378. The minimum Gasteiger partial charge on any atom is -0.462 e. The van der Waals surface area contributed by atoms with Crippen LogP contribution in [0.15, 0.2) is 115 Å². The maximum Gasteiger partial charge on any atom is 0.458 e. The number of amides is 3. The molecule has 6 bridgehead atoms. The van der Waals surface area contributed by atoms with Gasteiger partial charge >= 0.3 is 102 Å². The van der Waals surface area contributed by atoms with Gasteiger partial charge in [-0.1, -0.05) is 76.4 Å². The molecule has 13 aliphatic rings. The number of alkyl halides is 20. The van der Waals surface area contributed by atoms with E-state index < -0.39 is 216 Å². The fourth-order valence-electron chi connectivity index (χ4n) is 16.1. The zero-order valence-corrected chi connectivity index (χ0v) is 67.6. The highest BCUT2D eigenvalue weighted by atomic mass is 32.2. The third kappa shape index (κ3) is 19.6. The molecule has 6 aliphatic carbocycles. The van der Waals surface area contributed by atoms with Gasteiger partial charge in [-0.2, -0.15) is 98.3 Å². The molecule has 4 N–H and O–H groups in total. The summed E-state index contributed by atoms with van der Waals surface area (Å²) < 4.78 is 306. The summed E-state index contributed by atoms with van der Waals surface area (Å²) in [6, 6.07) is 10.9. The number of hydrogen-bond acceptors (Lipinski definition) is 27. The first kappa shape index (κ1) is 102. The molecule has 29 nitrogen and oxygen atoms in total. The smallest absolute Gasteiger partial charge is 0.458 e. The molecule has 1 aromatic rings. The Morgan fingerprint density at radius 1 is 0.570 bits per heavy atom. The summed E-state index contributed by atoms with van der Waals surface area (Å²) >= 11 is -0.445. The van der Waals surface area contributed by atoms with Crippen LogP contribution >= 0.6 is 11.8 Å². The molecule has 6 saturated carbocycles. The minimum absolute atomic E-state index is 0.0504. The van der Waals surface area contributed by atoms with Crippen molar-refractivity contribution < 1.29 is 203 Å². The molecule has 18 atom stereocenters. The Bertz CT molecular complexity index is 4760. The maximum atomic E-state index is 13.0. The minimum atomic E-state index is -6.01. The zero-order chi connectivity index (χ0) is 96.9. The Morgan fingerprint density at radius 2 is 1.05 bits per heavy atom. The molecule has 7 aliphatic heterocycles. The van der Waals surface area contributed by atoms with Gasteiger partial charge in [-0.3, -0.25) is 28.8 Å². The van der Waals surface area contributed by atoms with Gasteiger partial charge in [0.2, 0.25) is 12.1 Å². The van der Waals surface area contributed by atoms with Crippen molar-refractivity contribution in [3.63, 3.8) is 0 Å². The Balaban J connectivity index is 0.000000186. The van der Waals surface area contributed by atoms with Crippen LogP contribution < -0.4 is 16.0 Å². The van der Waals surface area contributed by atoms with E-state index in [1.165, 1.54) is 54.8 Å². The summed E-state index contributed by atoms with van der Waals surface area (Å²) in [7, 11) is 0. The summed E-state index contributed by atoms with van der Waals surface area (Å²) in [6.07, 6.45) is -37.9. The number of ether oxygens (including phenoxy) is 11. The second-order valence-corrected chi connectivity index (χ2v) is 32.4. The van der Waals surface area contributed by atoms with Gasteiger partial charge in [0, 0.05) is 93.1 Å². The fraction of sp³-hybridized carbons (Fsp3) is 0.564. The molecule has 3 amide bonds. The Hall–Kier alpha value is -11.2. The van der Waals surface area contributed by atoms with Crippen molar-refractivity contribution in [2.75, 3.05) is 32.2 Å². The number of esters is 9. The largest absolute Gasteiger partial charge is 0.462 e.